The Kier molecular flexibility index (Phi) is 5.52. The first-order chi connectivity index (χ1) is 14.4. The molecule has 0 saturated carbocycles. The molecule has 2 amide bonds. The summed E-state index contributed by atoms with van der Waals surface area (Å²) in [6.45, 7) is 2.70. The number of fused-ring (bicyclic) bond motifs is 1. The van der Waals surface area contributed by atoms with Crippen LogP contribution in [0, 0.1) is 0 Å². The molecule has 156 valence electrons. The Morgan fingerprint density at radius 2 is 1.97 bits per heavy atom. The van der Waals surface area contributed by atoms with Crippen molar-refractivity contribution in [3.05, 3.63) is 59.9 Å². The number of carbonyl (C=O) groups excluding carboxylic acids is 2. The maximum Gasteiger partial charge on any atom is 0.284 e. The normalized spacial score (nSPS) is 16.8. The van der Waals surface area contributed by atoms with Crippen LogP contribution in [0.2, 0.25) is 0 Å². The number of carbonyl (C=O) groups is 2. The predicted molar refractivity (Wildman–Crippen MR) is 114 cm³/mol. The summed E-state index contributed by atoms with van der Waals surface area (Å²) in [7, 11) is 1.71. The molecule has 1 aliphatic rings. The molecule has 0 radical (unpaired) electrons. The van der Waals surface area contributed by atoms with Crippen molar-refractivity contribution in [2.75, 3.05) is 31.6 Å². The van der Waals surface area contributed by atoms with Gasteiger partial charge in [0.1, 0.15) is 0 Å². The molecule has 0 bridgehead atoms. The molecule has 1 aromatic heterocycles. The van der Waals surface area contributed by atoms with Gasteiger partial charge in [0.25, 0.3) is 11.8 Å². The van der Waals surface area contributed by atoms with Crippen molar-refractivity contribution in [2.24, 2.45) is 5.73 Å². The summed E-state index contributed by atoms with van der Waals surface area (Å²) in [6, 6.07) is 14.5. The first-order valence-corrected chi connectivity index (χ1v) is 9.97. The molecule has 0 aliphatic carbocycles. The van der Waals surface area contributed by atoms with E-state index >= 15 is 0 Å². The Bertz CT molecular complexity index is 1080. The molecule has 1 unspecified atom stereocenters. The molecule has 2 aromatic carbocycles. The average Bonchev–Trinajstić information content (AvgIpc) is 3.34. The van der Waals surface area contributed by atoms with Crippen LogP contribution in [0.4, 0.5) is 5.69 Å². The van der Waals surface area contributed by atoms with Gasteiger partial charge in [-0.05, 0) is 36.8 Å². The van der Waals surface area contributed by atoms with Gasteiger partial charge in [0.05, 0.1) is 17.1 Å². The Morgan fingerprint density at radius 3 is 2.63 bits per heavy atom. The summed E-state index contributed by atoms with van der Waals surface area (Å²) < 4.78 is 1.81. The molecule has 3 N–H and O–H groups in total. The lowest BCUT2D eigenvalue weighted by molar-refractivity contribution is 0.0980. The zero-order valence-corrected chi connectivity index (χ0v) is 16.9. The minimum absolute atomic E-state index is 0.128. The first kappa shape index (κ1) is 20.1. The number of primary amides is 1. The highest BCUT2D eigenvalue weighted by Crippen LogP contribution is 2.24. The number of benzene rings is 2. The number of aromatic nitrogens is 2. The number of nitrogens with two attached hydrogens (primary N) is 1. The van der Waals surface area contributed by atoms with Crippen molar-refractivity contribution in [3.8, 4) is 0 Å². The van der Waals surface area contributed by atoms with Crippen molar-refractivity contribution in [3.63, 3.8) is 0 Å². The maximum absolute atomic E-state index is 12.7. The van der Waals surface area contributed by atoms with Crippen molar-refractivity contribution in [2.45, 2.75) is 19.1 Å². The van der Waals surface area contributed by atoms with E-state index in [1.165, 1.54) is 0 Å². The van der Waals surface area contributed by atoms with E-state index in [0.29, 0.717) is 36.4 Å². The van der Waals surface area contributed by atoms with E-state index in [1.54, 1.807) is 30.1 Å². The fraction of sp³-hybridized carbons (Fsp3) is 0.318. The van der Waals surface area contributed by atoms with Gasteiger partial charge < -0.3 is 20.3 Å². The number of aliphatic hydroxyl groups excluding tert-OH is 1. The molecule has 8 nitrogen and oxygen atoms in total. The molecule has 30 heavy (non-hydrogen) atoms. The molecular formula is C22H25N5O3. The standard InChI is InChI=1S/C22H25N5O3/c1-25(22(30)15-5-3-2-4-6-15)16-7-8-19-18(13-16)24-21(20(23)29)27(19)12-11-26-10-9-17(28)14-26/h2-8,13,17,28H,9-12,14H2,1H3,(H2,23,29). The summed E-state index contributed by atoms with van der Waals surface area (Å²) in [5, 5.41) is 9.71. The van der Waals surface area contributed by atoms with E-state index in [-0.39, 0.29) is 17.8 Å². The summed E-state index contributed by atoms with van der Waals surface area (Å²) in [5.74, 6) is -0.529. The number of hydrogen-bond donors (Lipinski definition) is 2. The molecule has 1 atom stereocenters. The lowest BCUT2D eigenvalue weighted by atomic mass is 10.2. The van der Waals surface area contributed by atoms with Gasteiger partial charge in [-0.2, -0.15) is 0 Å². The molecule has 4 rings (SSSR count). The number of rotatable bonds is 6. The predicted octanol–water partition coefficient (Wildman–Crippen LogP) is 1.48. The fourth-order valence-corrected chi connectivity index (χ4v) is 3.89. The third-order valence-electron chi connectivity index (χ3n) is 5.55. The number of imidazole rings is 1. The van der Waals surface area contributed by atoms with Crippen LogP contribution in [-0.4, -0.2) is 64.2 Å². The lowest BCUT2D eigenvalue weighted by Crippen LogP contribution is -2.28. The van der Waals surface area contributed by atoms with Gasteiger partial charge >= 0.3 is 0 Å². The Morgan fingerprint density at radius 1 is 1.20 bits per heavy atom. The second kappa shape index (κ2) is 8.25. The average molecular weight is 407 g/mol. The van der Waals surface area contributed by atoms with Gasteiger partial charge in [0, 0.05) is 44.5 Å². The third-order valence-corrected chi connectivity index (χ3v) is 5.55. The first-order valence-electron chi connectivity index (χ1n) is 9.97. The Balaban J connectivity index is 1.61. The SMILES string of the molecule is CN(C(=O)c1ccccc1)c1ccc2c(c1)nc(C(N)=O)n2CCN1CCC(O)C1. The smallest absolute Gasteiger partial charge is 0.284 e. The van der Waals surface area contributed by atoms with E-state index in [9.17, 15) is 14.7 Å². The molecular weight excluding hydrogens is 382 g/mol. The number of amides is 2. The molecule has 8 heteroatoms. The van der Waals surface area contributed by atoms with Crippen LogP contribution < -0.4 is 10.6 Å². The molecule has 2 heterocycles. The fourth-order valence-electron chi connectivity index (χ4n) is 3.89. The highest BCUT2D eigenvalue weighted by molar-refractivity contribution is 6.06. The molecule has 3 aromatic rings. The molecule has 1 saturated heterocycles. The monoisotopic (exact) mass is 407 g/mol. The van der Waals surface area contributed by atoms with E-state index < -0.39 is 5.91 Å². The second-order valence-electron chi connectivity index (χ2n) is 7.60. The van der Waals surface area contributed by atoms with Crippen LogP contribution in [0.1, 0.15) is 27.4 Å². The van der Waals surface area contributed by atoms with Crippen molar-refractivity contribution in [1.29, 1.82) is 0 Å². The second-order valence-corrected chi connectivity index (χ2v) is 7.60. The Hall–Kier alpha value is -3.23. The minimum Gasteiger partial charge on any atom is -0.392 e. The van der Waals surface area contributed by atoms with Crippen LogP contribution in [0.5, 0.6) is 0 Å². The van der Waals surface area contributed by atoms with Gasteiger partial charge in [-0.25, -0.2) is 4.98 Å². The molecule has 1 fully saturated rings. The number of likely N-dealkylation sites (tertiary alicyclic amines) is 1. The lowest BCUT2D eigenvalue weighted by Gasteiger charge is -2.18. The van der Waals surface area contributed by atoms with Crippen LogP contribution in [0.15, 0.2) is 48.5 Å². The van der Waals surface area contributed by atoms with E-state index in [1.807, 2.05) is 34.9 Å². The van der Waals surface area contributed by atoms with Crippen LogP contribution in [-0.2, 0) is 6.54 Å². The largest absolute Gasteiger partial charge is 0.392 e. The van der Waals surface area contributed by atoms with E-state index in [4.69, 9.17) is 5.73 Å². The zero-order valence-electron chi connectivity index (χ0n) is 16.9. The molecule has 0 spiro atoms. The van der Waals surface area contributed by atoms with E-state index in [0.717, 1.165) is 18.5 Å². The van der Waals surface area contributed by atoms with Crippen LogP contribution >= 0.6 is 0 Å². The van der Waals surface area contributed by atoms with Crippen molar-refractivity contribution in [1.82, 2.24) is 14.5 Å². The Labute approximate surface area is 174 Å². The van der Waals surface area contributed by atoms with Gasteiger partial charge in [-0.15, -0.1) is 0 Å². The quantitative estimate of drug-likeness (QED) is 0.644. The topological polar surface area (TPSA) is 105 Å². The summed E-state index contributed by atoms with van der Waals surface area (Å²) in [5.41, 5.74) is 8.23. The maximum atomic E-state index is 12.7. The third kappa shape index (κ3) is 3.92. The summed E-state index contributed by atoms with van der Waals surface area (Å²) in [4.78, 5) is 32.9. The number of nitrogens with zero attached hydrogens (tertiary/aromatic N) is 4. The number of aliphatic hydroxyl groups is 1. The van der Waals surface area contributed by atoms with Gasteiger partial charge in [0.2, 0.25) is 0 Å². The highest BCUT2D eigenvalue weighted by atomic mass is 16.3. The highest BCUT2D eigenvalue weighted by Gasteiger charge is 2.22. The minimum atomic E-state index is -0.595. The van der Waals surface area contributed by atoms with Gasteiger partial charge in [-0.3, -0.25) is 14.5 Å². The number of anilines is 1. The van der Waals surface area contributed by atoms with Crippen molar-refractivity contribution >= 4 is 28.5 Å². The van der Waals surface area contributed by atoms with Gasteiger partial charge in [-0.1, -0.05) is 18.2 Å². The summed E-state index contributed by atoms with van der Waals surface area (Å²) >= 11 is 0. The summed E-state index contributed by atoms with van der Waals surface area (Å²) in [6.07, 6.45) is 0.471. The van der Waals surface area contributed by atoms with E-state index in [2.05, 4.69) is 9.88 Å². The van der Waals surface area contributed by atoms with Gasteiger partial charge in [0.15, 0.2) is 5.82 Å². The molecule has 1 aliphatic heterocycles. The number of β-amino-alcohol motifs (C(OH)–C–C–N with tert-alkyl or cyclic N) is 1. The zero-order chi connectivity index (χ0) is 21.3. The number of hydrogen-bond acceptors (Lipinski definition) is 5. The van der Waals surface area contributed by atoms with Crippen molar-refractivity contribution < 1.29 is 14.7 Å². The van der Waals surface area contributed by atoms with Crippen LogP contribution in [0.3, 0.4) is 0 Å². The van der Waals surface area contributed by atoms with Crippen LogP contribution in [0.25, 0.3) is 11.0 Å².